The van der Waals surface area contributed by atoms with Crippen LogP contribution < -0.4 is 0 Å². The molecule has 2 rings (SSSR count). The van der Waals surface area contributed by atoms with Crippen LogP contribution >= 0.6 is 0 Å². The second-order valence-electron chi connectivity index (χ2n) is 3.30. The average molecular weight is 205 g/mol. The van der Waals surface area contributed by atoms with Crippen molar-refractivity contribution in [1.29, 1.82) is 0 Å². The normalized spacial score (nSPS) is 10.5. The summed E-state index contributed by atoms with van der Waals surface area (Å²) in [5, 5.41) is 7.84. The maximum Gasteiger partial charge on any atom is 0.173 e. The number of rotatable bonds is 3. The van der Waals surface area contributed by atoms with E-state index in [1.54, 1.807) is 35.9 Å². The minimum atomic E-state index is -0.000741. The second-order valence-corrected chi connectivity index (χ2v) is 3.30. The van der Waals surface area contributed by atoms with E-state index in [2.05, 4.69) is 15.2 Å². The summed E-state index contributed by atoms with van der Waals surface area (Å²) in [5.74, 6) is 0.656. The summed E-state index contributed by atoms with van der Waals surface area (Å²) < 4.78 is 3.19. The Kier molecular flexibility index (Phi) is 2.32. The van der Waals surface area contributed by atoms with E-state index >= 15 is 0 Å². The van der Waals surface area contributed by atoms with Gasteiger partial charge in [-0.05, 0) is 0 Å². The number of aryl methyl sites for hydroxylation is 2. The zero-order valence-electron chi connectivity index (χ0n) is 8.58. The van der Waals surface area contributed by atoms with E-state index < -0.39 is 0 Å². The molecule has 78 valence electrons. The number of nitrogens with zero attached hydrogens (tertiary/aromatic N) is 5. The van der Waals surface area contributed by atoms with Crippen molar-refractivity contribution < 1.29 is 4.79 Å². The van der Waals surface area contributed by atoms with Crippen molar-refractivity contribution in [3.63, 3.8) is 0 Å². The largest absolute Gasteiger partial charge is 0.294 e. The molecule has 0 unspecified atom stereocenters. The highest BCUT2D eigenvalue weighted by Crippen LogP contribution is 2.03. The second kappa shape index (κ2) is 3.64. The molecule has 15 heavy (non-hydrogen) atoms. The van der Waals surface area contributed by atoms with Crippen LogP contribution in [-0.4, -0.2) is 30.3 Å². The predicted molar refractivity (Wildman–Crippen MR) is 52.2 cm³/mol. The highest BCUT2D eigenvalue weighted by atomic mass is 16.1. The zero-order valence-corrected chi connectivity index (χ0v) is 8.58. The van der Waals surface area contributed by atoms with Crippen LogP contribution in [0.5, 0.6) is 0 Å². The van der Waals surface area contributed by atoms with Crippen LogP contribution in [-0.2, 0) is 20.5 Å². The number of ketones is 1. The molecule has 0 aromatic carbocycles. The lowest BCUT2D eigenvalue weighted by molar-refractivity contribution is 0.0989. The first-order valence-corrected chi connectivity index (χ1v) is 4.51. The Morgan fingerprint density at radius 2 is 2.20 bits per heavy atom. The summed E-state index contributed by atoms with van der Waals surface area (Å²) in [6, 6.07) is 0. The van der Waals surface area contributed by atoms with Crippen LogP contribution in [0.25, 0.3) is 0 Å². The average Bonchev–Trinajstić information content (AvgIpc) is 2.77. The van der Waals surface area contributed by atoms with Gasteiger partial charge in [-0.15, -0.1) is 0 Å². The van der Waals surface area contributed by atoms with Gasteiger partial charge in [0.25, 0.3) is 0 Å². The minimum Gasteiger partial charge on any atom is -0.294 e. The monoisotopic (exact) mass is 205 g/mol. The highest BCUT2D eigenvalue weighted by Gasteiger charge is 2.11. The third-order valence-corrected chi connectivity index (χ3v) is 2.15. The Labute approximate surface area is 86.5 Å². The molecule has 0 aliphatic heterocycles. The van der Waals surface area contributed by atoms with E-state index in [4.69, 9.17) is 0 Å². The van der Waals surface area contributed by atoms with E-state index in [1.165, 1.54) is 6.33 Å². The van der Waals surface area contributed by atoms with Crippen molar-refractivity contribution >= 4 is 5.78 Å². The first-order valence-electron chi connectivity index (χ1n) is 4.51. The number of Topliss-reactive ketones (excluding diaryl/α,β-unsaturated/α-hetero) is 1. The molecule has 0 aliphatic rings. The van der Waals surface area contributed by atoms with Gasteiger partial charge >= 0.3 is 0 Å². The molecule has 0 spiro atoms. The Balaban J connectivity index is 2.14. The molecule has 6 nitrogen and oxygen atoms in total. The summed E-state index contributed by atoms with van der Waals surface area (Å²) in [5.41, 5.74) is 0.598. The van der Waals surface area contributed by atoms with Gasteiger partial charge in [-0.25, -0.2) is 4.98 Å². The predicted octanol–water partition coefficient (Wildman–Crippen LogP) is -0.0260. The molecule has 0 saturated heterocycles. The lowest BCUT2D eigenvalue weighted by atomic mass is 10.2. The molecular weight excluding hydrogens is 194 g/mol. The summed E-state index contributed by atoms with van der Waals surface area (Å²) in [6.07, 6.45) is 4.94. The molecule has 6 heteroatoms. The molecular formula is C9H11N5O. The minimum absolute atomic E-state index is 0.000741. The van der Waals surface area contributed by atoms with E-state index in [-0.39, 0.29) is 12.2 Å². The Morgan fingerprint density at radius 1 is 1.40 bits per heavy atom. The van der Waals surface area contributed by atoms with Gasteiger partial charge < -0.3 is 0 Å². The maximum atomic E-state index is 11.7. The topological polar surface area (TPSA) is 65.6 Å². The first kappa shape index (κ1) is 9.57. The van der Waals surface area contributed by atoms with Gasteiger partial charge in [0.15, 0.2) is 5.78 Å². The lowest BCUT2D eigenvalue weighted by Crippen LogP contribution is -2.08. The maximum absolute atomic E-state index is 11.7. The molecule has 2 aromatic rings. The Morgan fingerprint density at radius 3 is 2.73 bits per heavy atom. The van der Waals surface area contributed by atoms with Crippen LogP contribution in [0, 0.1) is 0 Å². The summed E-state index contributed by atoms with van der Waals surface area (Å²) in [6.45, 7) is 0. The van der Waals surface area contributed by atoms with E-state index in [0.29, 0.717) is 11.4 Å². The van der Waals surface area contributed by atoms with Crippen molar-refractivity contribution in [1.82, 2.24) is 24.5 Å². The van der Waals surface area contributed by atoms with Crippen LogP contribution in [0.1, 0.15) is 16.2 Å². The quantitative estimate of drug-likeness (QED) is 0.660. The van der Waals surface area contributed by atoms with Crippen LogP contribution in [0.15, 0.2) is 18.7 Å². The van der Waals surface area contributed by atoms with Gasteiger partial charge in [0.2, 0.25) is 0 Å². The lowest BCUT2D eigenvalue weighted by Gasteiger charge is -1.97. The molecule has 2 aromatic heterocycles. The fourth-order valence-corrected chi connectivity index (χ4v) is 1.29. The van der Waals surface area contributed by atoms with Crippen molar-refractivity contribution in [2.75, 3.05) is 0 Å². The van der Waals surface area contributed by atoms with E-state index in [9.17, 15) is 4.79 Å². The SMILES string of the molecule is Cn1cc(C(=O)Cc2ncnn2C)cn1. The fraction of sp³-hybridized carbons (Fsp3) is 0.333. The van der Waals surface area contributed by atoms with E-state index in [1.807, 2.05) is 0 Å². The van der Waals surface area contributed by atoms with Crippen molar-refractivity contribution in [2.45, 2.75) is 6.42 Å². The van der Waals surface area contributed by atoms with Gasteiger partial charge in [-0.2, -0.15) is 10.2 Å². The van der Waals surface area contributed by atoms with Crippen LogP contribution in [0.4, 0.5) is 0 Å². The number of hydrogen-bond acceptors (Lipinski definition) is 4. The zero-order chi connectivity index (χ0) is 10.8. The smallest absolute Gasteiger partial charge is 0.173 e. The Bertz CT molecular complexity index is 484. The summed E-state index contributed by atoms with van der Waals surface area (Å²) >= 11 is 0. The van der Waals surface area contributed by atoms with Crippen molar-refractivity contribution in [2.24, 2.45) is 14.1 Å². The molecule has 2 heterocycles. The third-order valence-electron chi connectivity index (χ3n) is 2.15. The first-order chi connectivity index (χ1) is 7.16. The summed E-state index contributed by atoms with van der Waals surface area (Å²) in [4.78, 5) is 15.7. The molecule has 0 atom stereocenters. The number of aromatic nitrogens is 5. The van der Waals surface area contributed by atoms with Gasteiger partial charge in [0.05, 0.1) is 18.2 Å². The van der Waals surface area contributed by atoms with Gasteiger partial charge in [0, 0.05) is 20.3 Å². The van der Waals surface area contributed by atoms with Crippen molar-refractivity contribution in [3.05, 3.63) is 30.1 Å². The molecule has 0 fully saturated rings. The van der Waals surface area contributed by atoms with Gasteiger partial charge in [-0.3, -0.25) is 14.2 Å². The number of carbonyl (C=O) groups is 1. The molecule has 0 aliphatic carbocycles. The third kappa shape index (κ3) is 1.93. The molecule has 0 N–H and O–H groups in total. The van der Waals surface area contributed by atoms with Gasteiger partial charge in [-0.1, -0.05) is 0 Å². The fourth-order valence-electron chi connectivity index (χ4n) is 1.29. The number of carbonyl (C=O) groups excluding carboxylic acids is 1. The van der Waals surface area contributed by atoms with E-state index in [0.717, 1.165) is 0 Å². The molecule has 0 bridgehead atoms. The molecule has 0 radical (unpaired) electrons. The van der Waals surface area contributed by atoms with Crippen molar-refractivity contribution in [3.8, 4) is 0 Å². The summed E-state index contributed by atoms with van der Waals surface area (Å²) in [7, 11) is 3.54. The van der Waals surface area contributed by atoms with Crippen LogP contribution in [0.3, 0.4) is 0 Å². The number of hydrogen-bond donors (Lipinski definition) is 0. The molecule has 0 amide bonds. The van der Waals surface area contributed by atoms with Gasteiger partial charge in [0.1, 0.15) is 12.2 Å². The highest BCUT2D eigenvalue weighted by molar-refractivity contribution is 5.96. The standard InChI is InChI=1S/C9H11N5O/c1-13-5-7(4-11-13)8(15)3-9-10-6-12-14(9)2/h4-6H,3H2,1-2H3. The Hall–Kier alpha value is -1.98. The molecule has 0 saturated carbocycles. The van der Waals surface area contributed by atoms with Crippen LogP contribution in [0.2, 0.25) is 0 Å².